The van der Waals surface area contributed by atoms with Crippen molar-refractivity contribution in [2.75, 3.05) is 17.7 Å². The minimum atomic E-state index is -0.913. The Morgan fingerprint density at radius 2 is 2.10 bits per heavy atom. The van der Waals surface area contributed by atoms with Crippen molar-refractivity contribution in [3.63, 3.8) is 0 Å². The fourth-order valence-electron chi connectivity index (χ4n) is 4.43. The van der Waals surface area contributed by atoms with Gasteiger partial charge in [0.15, 0.2) is 0 Å². The molecule has 2 aromatic carbocycles. The van der Waals surface area contributed by atoms with E-state index in [2.05, 4.69) is 46.2 Å². The third-order valence-corrected chi connectivity index (χ3v) is 6.69. The summed E-state index contributed by atoms with van der Waals surface area (Å²) in [4.78, 5) is 45.2. The number of hydrogen-bond donors (Lipinski definition) is 5. The predicted octanol–water partition coefficient (Wildman–Crippen LogP) is 3.24. The van der Waals surface area contributed by atoms with Crippen molar-refractivity contribution in [3.8, 4) is 16.9 Å². The number of ether oxygens (including phenoxy) is 1. The molecule has 0 radical (unpaired) electrons. The molecule has 2 bridgehead atoms. The van der Waals surface area contributed by atoms with E-state index < -0.39 is 24.1 Å². The first-order valence-corrected chi connectivity index (χ1v) is 13.2. The second kappa shape index (κ2) is 12.6. The summed E-state index contributed by atoms with van der Waals surface area (Å²) in [5.74, 6) is -0.362. The second-order valence-corrected chi connectivity index (χ2v) is 9.81. The summed E-state index contributed by atoms with van der Waals surface area (Å²) in [7, 11) is 1.25. The minimum absolute atomic E-state index is 0.0312. The molecule has 4 aromatic rings. The fourth-order valence-corrected chi connectivity index (χ4v) is 4.62. The van der Waals surface area contributed by atoms with Gasteiger partial charge in [-0.05, 0) is 59.3 Å². The van der Waals surface area contributed by atoms with E-state index in [-0.39, 0.29) is 25.2 Å². The van der Waals surface area contributed by atoms with Crippen LogP contribution in [0.5, 0.6) is 0 Å². The van der Waals surface area contributed by atoms with Gasteiger partial charge in [-0.15, -0.1) is 5.10 Å². The van der Waals surface area contributed by atoms with Crippen molar-refractivity contribution in [3.05, 3.63) is 71.4 Å². The van der Waals surface area contributed by atoms with Crippen LogP contribution in [0.1, 0.15) is 36.7 Å². The number of aromatic nitrogens is 6. The molecule has 3 amide bonds. The number of hydrogen-bond acceptors (Lipinski definition) is 9. The Hall–Kier alpha value is -5.08. The van der Waals surface area contributed by atoms with Crippen molar-refractivity contribution in [2.45, 2.75) is 31.4 Å². The quantitative estimate of drug-likeness (QED) is 0.217. The minimum Gasteiger partial charge on any atom is -0.453 e. The molecular formula is C27H26ClN9O5. The molecule has 3 heterocycles. The maximum Gasteiger partial charge on any atom is 0.411 e. The highest BCUT2D eigenvalue weighted by Crippen LogP contribution is 2.32. The molecule has 216 valence electrons. The number of benzene rings is 2. The molecule has 2 atom stereocenters. The van der Waals surface area contributed by atoms with Crippen LogP contribution in [-0.2, 0) is 14.3 Å². The van der Waals surface area contributed by atoms with Crippen LogP contribution in [0.4, 0.5) is 16.2 Å². The number of anilines is 2. The largest absolute Gasteiger partial charge is 0.453 e. The molecule has 2 aromatic heterocycles. The average molecular weight is 592 g/mol. The number of imidazole rings is 1. The van der Waals surface area contributed by atoms with Gasteiger partial charge < -0.3 is 25.5 Å². The average Bonchev–Trinajstić information content (AvgIpc) is 3.68. The zero-order chi connectivity index (χ0) is 29.6. The van der Waals surface area contributed by atoms with E-state index in [0.29, 0.717) is 44.7 Å². The third kappa shape index (κ3) is 6.79. The zero-order valence-corrected chi connectivity index (χ0v) is 23.0. The number of tetrazole rings is 1. The van der Waals surface area contributed by atoms with E-state index >= 15 is 0 Å². The number of carbonyl (C=O) groups is 3. The van der Waals surface area contributed by atoms with Crippen LogP contribution in [0.15, 0.2) is 55.0 Å². The molecule has 42 heavy (non-hydrogen) atoms. The Bertz CT molecular complexity index is 1640. The number of aliphatic hydroxyl groups excluding tert-OH is 1. The van der Waals surface area contributed by atoms with E-state index in [1.54, 1.807) is 48.7 Å². The van der Waals surface area contributed by atoms with Gasteiger partial charge in [0, 0.05) is 47.0 Å². The van der Waals surface area contributed by atoms with Crippen molar-refractivity contribution in [2.24, 2.45) is 0 Å². The molecule has 1 unspecified atom stereocenters. The van der Waals surface area contributed by atoms with Crippen LogP contribution in [0.25, 0.3) is 23.0 Å². The standard InChI is InChI=1S/C27H26ClN9O5/c1-42-27(41)31-17-4-6-19-20(11-17)32-25(40)9-5-18(38)12-21(26-29-13-22(19)34-26)33-24(39)8-2-15-10-16(28)3-7-23(15)37-14-30-35-36-37/h2-4,6-8,10-11,13-14,18,21,38H,5,9,12H2,1H3,(H,29,34)(H,31,41)(H,32,40)(H,33,39)/b8-2+/t18?,21-/m0/s1. The lowest BCUT2D eigenvalue weighted by molar-refractivity contribution is -0.118. The normalized spacial score (nSPS) is 17.0. The molecule has 5 N–H and O–H groups in total. The van der Waals surface area contributed by atoms with Crippen LogP contribution in [0.3, 0.4) is 0 Å². The van der Waals surface area contributed by atoms with Crippen LogP contribution < -0.4 is 16.0 Å². The highest BCUT2D eigenvalue weighted by Gasteiger charge is 2.24. The van der Waals surface area contributed by atoms with Crippen molar-refractivity contribution < 1.29 is 24.2 Å². The Morgan fingerprint density at radius 1 is 1.24 bits per heavy atom. The number of amides is 3. The molecule has 14 nitrogen and oxygen atoms in total. The van der Waals surface area contributed by atoms with Crippen LogP contribution in [0, 0.1) is 0 Å². The first-order chi connectivity index (χ1) is 20.3. The molecule has 0 fully saturated rings. The highest BCUT2D eigenvalue weighted by molar-refractivity contribution is 6.30. The van der Waals surface area contributed by atoms with Crippen molar-refractivity contribution >= 4 is 47.0 Å². The van der Waals surface area contributed by atoms with Gasteiger partial charge in [-0.3, -0.25) is 14.9 Å². The summed E-state index contributed by atoms with van der Waals surface area (Å²) in [5.41, 5.74) is 3.11. The Balaban J connectivity index is 1.41. The number of methoxy groups -OCH3 is 1. The lowest BCUT2D eigenvalue weighted by atomic mass is 10.0. The number of halogens is 1. The Labute approximate surface area is 244 Å². The van der Waals surface area contributed by atoms with Gasteiger partial charge in [-0.2, -0.15) is 4.68 Å². The number of fused-ring (bicyclic) bond motifs is 4. The lowest BCUT2D eigenvalue weighted by Gasteiger charge is -2.20. The summed E-state index contributed by atoms with van der Waals surface area (Å²) in [6.07, 6.45) is 4.70. The molecular weight excluding hydrogens is 566 g/mol. The molecule has 5 rings (SSSR count). The highest BCUT2D eigenvalue weighted by atomic mass is 35.5. The molecule has 1 aliphatic heterocycles. The van der Waals surface area contributed by atoms with E-state index in [1.807, 2.05) is 0 Å². The molecule has 0 saturated carbocycles. The number of carbonyl (C=O) groups excluding carboxylic acids is 3. The molecule has 0 saturated heterocycles. The molecule has 1 aliphatic rings. The van der Waals surface area contributed by atoms with Gasteiger partial charge >= 0.3 is 6.09 Å². The smallest absolute Gasteiger partial charge is 0.411 e. The number of aliphatic hydroxyl groups is 1. The first-order valence-electron chi connectivity index (χ1n) is 12.8. The van der Waals surface area contributed by atoms with Crippen molar-refractivity contribution in [1.82, 2.24) is 35.5 Å². The first kappa shape index (κ1) is 28.4. The van der Waals surface area contributed by atoms with E-state index in [0.717, 1.165) is 0 Å². The summed E-state index contributed by atoms with van der Waals surface area (Å²) in [5, 5.41) is 30.6. The number of nitrogens with zero attached hydrogens (tertiary/aromatic N) is 5. The summed E-state index contributed by atoms with van der Waals surface area (Å²) in [6, 6.07) is 9.33. The van der Waals surface area contributed by atoms with Gasteiger partial charge in [0.1, 0.15) is 12.2 Å². The van der Waals surface area contributed by atoms with Crippen LogP contribution in [0.2, 0.25) is 5.02 Å². The third-order valence-electron chi connectivity index (χ3n) is 6.46. The SMILES string of the molecule is COC(=O)Nc1ccc2c(c1)NC(=O)CCC(O)C[C@H](NC(=O)/C=C/c1cc(Cl)ccc1-n1cnnn1)c1nc-2c[nH]1. The summed E-state index contributed by atoms with van der Waals surface area (Å²) < 4.78 is 6.09. The van der Waals surface area contributed by atoms with Gasteiger partial charge in [0.2, 0.25) is 11.8 Å². The Kier molecular flexibility index (Phi) is 8.55. The summed E-state index contributed by atoms with van der Waals surface area (Å²) in [6.45, 7) is 0. The van der Waals surface area contributed by atoms with E-state index in [1.165, 1.54) is 24.2 Å². The molecule has 0 aliphatic carbocycles. The van der Waals surface area contributed by atoms with Crippen LogP contribution in [-0.4, -0.2) is 66.4 Å². The van der Waals surface area contributed by atoms with Gasteiger partial charge in [-0.25, -0.2) is 9.78 Å². The van der Waals surface area contributed by atoms with E-state index in [4.69, 9.17) is 11.6 Å². The predicted molar refractivity (Wildman–Crippen MR) is 153 cm³/mol. The topological polar surface area (TPSA) is 189 Å². The Morgan fingerprint density at radius 3 is 2.88 bits per heavy atom. The number of aromatic amines is 1. The maximum atomic E-state index is 13.1. The van der Waals surface area contributed by atoms with Gasteiger partial charge in [-0.1, -0.05) is 11.6 Å². The van der Waals surface area contributed by atoms with Crippen LogP contribution >= 0.6 is 11.6 Å². The van der Waals surface area contributed by atoms with Gasteiger partial charge in [0.05, 0.1) is 36.3 Å². The monoisotopic (exact) mass is 591 g/mol. The maximum absolute atomic E-state index is 13.1. The number of rotatable bonds is 5. The van der Waals surface area contributed by atoms with Crippen molar-refractivity contribution in [1.29, 1.82) is 0 Å². The fraction of sp³-hybridized carbons (Fsp3) is 0.222. The zero-order valence-electron chi connectivity index (χ0n) is 22.2. The number of nitrogens with one attached hydrogen (secondary N) is 4. The number of H-pyrrole nitrogens is 1. The summed E-state index contributed by atoms with van der Waals surface area (Å²) >= 11 is 6.17. The molecule has 15 heteroatoms. The second-order valence-electron chi connectivity index (χ2n) is 9.38. The van der Waals surface area contributed by atoms with E-state index in [9.17, 15) is 19.5 Å². The molecule has 0 spiro atoms. The lowest BCUT2D eigenvalue weighted by Crippen LogP contribution is -2.31. The van der Waals surface area contributed by atoms with Gasteiger partial charge in [0.25, 0.3) is 0 Å².